The number of carbonyl (C=O) groups is 4. The molecule has 0 fully saturated rings. The van der Waals surface area contributed by atoms with Crippen molar-refractivity contribution in [3.63, 3.8) is 0 Å². The molecule has 0 aliphatic carbocycles. The summed E-state index contributed by atoms with van der Waals surface area (Å²) in [5.74, 6) is -2.26. The Balaban J connectivity index is 3.65. The molecule has 8 heteroatoms. The maximum atomic E-state index is 13.7. The topological polar surface area (TPSA) is 105 Å². The highest BCUT2D eigenvalue weighted by Crippen LogP contribution is 2.25. The lowest BCUT2D eigenvalue weighted by molar-refractivity contribution is 0.0365. The van der Waals surface area contributed by atoms with Crippen molar-refractivity contribution in [2.45, 2.75) is 158 Å². The first-order valence-corrected chi connectivity index (χ1v) is 20.0. The maximum absolute atomic E-state index is 13.7. The molecule has 1 aromatic carbocycles. The fraction of sp³-hybridized carbons (Fsp3) is 0.762. The first-order chi connectivity index (χ1) is 24.1. The number of ether oxygens (including phenoxy) is 4. The predicted molar refractivity (Wildman–Crippen MR) is 201 cm³/mol. The van der Waals surface area contributed by atoms with E-state index in [1.165, 1.54) is 12.1 Å². The average Bonchev–Trinajstić information content (AvgIpc) is 3.14. The molecule has 0 aliphatic heterocycles. The summed E-state index contributed by atoms with van der Waals surface area (Å²) in [5, 5.41) is 0. The van der Waals surface area contributed by atoms with E-state index < -0.39 is 23.9 Å². The third-order valence-corrected chi connectivity index (χ3v) is 10.0. The molecule has 0 aliphatic rings. The van der Waals surface area contributed by atoms with E-state index >= 15 is 0 Å². The molecule has 0 bridgehead atoms. The van der Waals surface area contributed by atoms with Crippen LogP contribution in [0.2, 0.25) is 0 Å². The summed E-state index contributed by atoms with van der Waals surface area (Å²) in [6.45, 7) is 17.5. The zero-order chi connectivity index (χ0) is 37.3. The first-order valence-electron chi connectivity index (χ1n) is 20.0. The van der Waals surface area contributed by atoms with E-state index in [1.54, 1.807) is 0 Å². The lowest BCUT2D eigenvalue weighted by atomic mass is 9.96. The molecule has 0 heterocycles. The Morgan fingerprint density at radius 3 is 0.760 bits per heavy atom. The van der Waals surface area contributed by atoms with Crippen LogP contribution in [0.3, 0.4) is 0 Å². The van der Waals surface area contributed by atoms with Crippen molar-refractivity contribution in [1.82, 2.24) is 0 Å². The standard InChI is InChI=1S/C42H70O8/c1-9-17-21-31(13-5)27-47-39(43)35-25-37(41(45)49-29-33(15-7)23-19-11-3)38(42(46)50-30-34(16-8)24-20-12-4)26-36(35)40(44)48-28-32(14-6)22-18-10-2/h25-26,31-34H,9-24,27-30H2,1-8H3/t31-,32-,33-,34-/m1/s1. The van der Waals surface area contributed by atoms with Gasteiger partial charge in [-0.05, 0) is 61.5 Å². The molecule has 8 nitrogen and oxygen atoms in total. The molecule has 50 heavy (non-hydrogen) atoms. The molecule has 286 valence electrons. The molecule has 0 spiro atoms. The van der Waals surface area contributed by atoms with Crippen LogP contribution in [0, 0.1) is 23.7 Å². The Morgan fingerprint density at radius 2 is 0.600 bits per heavy atom. The summed E-state index contributed by atoms with van der Waals surface area (Å²) in [6, 6.07) is 2.56. The van der Waals surface area contributed by atoms with Crippen molar-refractivity contribution in [3.05, 3.63) is 34.4 Å². The summed E-state index contributed by atoms with van der Waals surface area (Å²) >= 11 is 0. The smallest absolute Gasteiger partial charge is 0.339 e. The van der Waals surface area contributed by atoms with Crippen molar-refractivity contribution in [2.24, 2.45) is 23.7 Å². The van der Waals surface area contributed by atoms with Crippen molar-refractivity contribution in [1.29, 1.82) is 0 Å². The van der Waals surface area contributed by atoms with Crippen LogP contribution in [0.1, 0.15) is 200 Å². The van der Waals surface area contributed by atoms with Gasteiger partial charge in [-0.1, -0.05) is 132 Å². The minimum absolute atomic E-state index is 0.113. The minimum Gasteiger partial charge on any atom is -0.462 e. The number of carbonyl (C=O) groups excluding carboxylic acids is 4. The molecular formula is C42H70O8. The number of hydrogen-bond acceptors (Lipinski definition) is 8. The van der Waals surface area contributed by atoms with Gasteiger partial charge in [-0.15, -0.1) is 0 Å². The Bertz CT molecular complexity index is 959. The summed E-state index contributed by atoms with van der Waals surface area (Å²) < 4.78 is 23.1. The number of esters is 4. The van der Waals surface area contributed by atoms with E-state index in [2.05, 4.69) is 55.4 Å². The second-order valence-corrected chi connectivity index (χ2v) is 14.0. The van der Waals surface area contributed by atoms with Gasteiger partial charge >= 0.3 is 23.9 Å². The third-order valence-electron chi connectivity index (χ3n) is 10.0. The fourth-order valence-electron chi connectivity index (χ4n) is 5.95. The van der Waals surface area contributed by atoms with Gasteiger partial charge in [0.15, 0.2) is 0 Å². The second-order valence-electron chi connectivity index (χ2n) is 14.0. The molecule has 1 rings (SSSR count). The molecule has 1 aromatic rings. The van der Waals surface area contributed by atoms with Gasteiger partial charge in [-0.2, -0.15) is 0 Å². The largest absolute Gasteiger partial charge is 0.462 e. The SMILES string of the molecule is CCCC[C@@H](CC)COC(=O)c1cc(C(=O)OC[C@H](CC)CCCC)c(C(=O)OC[C@H](CC)CCCC)cc1C(=O)OC[C@H](CC)CCCC. The lowest BCUT2D eigenvalue weighted by Crippen LogP contribution is -2.24. The van der Waals surface area contributed by atoms with Crippen LogP contribution in [0.5, 0.6) is 0 Å². The van der Waals surface area contributed by atoms with Crippen LogP contribution in [0.25, 0.3) is 0 Å². The van der Waals surface area contributed by atoms with Gasteiger partial charge in [0.1, 0.15) is 0 Å². The van der Waals surface area contributed by atoms with E-state index in [1.807, 2.05) is 0 Å². The van der Waals surface area contributed by atoms with Gasteiger partial charge in [0.2, 0.25) is 0 Å². The fourth-order valence-corrected chi connectivity index (χ4v) is 5.95. The van der Waals surface area contributed by atoms with Gasteiger partial charge in [0.05, 0.1) is 48.7 Å². The van der Waals surface area contributed by atoms with Crippen LogP contribution < -0.4 is 0 Å². The Hall–Kier alpha value is -2.90. The summed E-state index contributed by atoms with van der Waals surface area (Å²) in [4.78, 5) is 55.0. The van der Waals surface area contributed by atoms with Gasteiger partial charge in [0, 0.05) is 0 Å². The molecule has 0 radical (unpaired) electrons. The van der Waals surface area contributed by atoms with E-state index in [0.29, 0.717) is 0 Å². The second kappa shape index (κ2) is 26.8. The molecule has 0 aromatic heterocycles. The van der Waals surface area contributed by atoms with E-state index in [-0.39, 0.29) is 72.4 Å². The maximum Gasteiger partial charge on any atom is 0.339 e. The number of rotatable bonds is 28. The molecule has 0 N–H and O–H groups in total. The zero-order valence-electron chi connectivity index (χ0n) is 32.9. The highest BCUT2D eigenvalue weighted by atomic mass is 16.5. The van der Waals surface area contributed by atoms with Gasteiger partial charge in [-0.25, -0.2) is 19.2 Å². The zero-order valence-corrected chi connectivity index (χ0v) is 32.9. The molecular weight excluding hydrogens is 632 g/mol. The molecule has 0 amide bonds. The molecule has 0 saturated carbocycles. The Labute approximate surface area is 304 Å². The minimum atomic E-state index is -0.737. The van der Waals surface area contributed by atoms with Gasteiger partial charge in [0.25, 0.3) is 0 Å². The predicted octanol–water partition coefficient (Wildman–Crippen LogP) is 11.2. The van der Waals surface area contributed by atoms with Crippen molar-refractivity contribution in [2.75, 3.05) is 26.4 Å². The van der Waals surface area contributed by atoms with Crippen molar-refractivity contribution >= 4 is 23.9 Å². The summed E-state index contributed by atoms with van der Waals surface area (Å²) in [5.41, 5.74) is -0.452. The van der Waals surface area contributed by atoms with Crippen LogP contribution in [0.15, 0.2) is 12.1 Å². The van der Waals surface area contributed by atoms with E-state index in [9.17, 15) is 19.2 Å². The summed E-state index contributed by atoms with van der Waals surface area (Å²) in [7, 11) is 0. The number of benzene rings is 1. The van der Waals surface area contributed by atoms with Crippen molar-refractivity contribution < 1.29 is 38.1 Å². The highest BCUT2D eigenvalue weighted by Gasteiger charge is 2.30. The van der Waals surface area contributed by atoms with Gasteiger partial charge in [-0.3, -0.25) is 0 Å². The molecule has 0 unspecified atom stereocenters. The Kier molecular flexibility index (Phi) is 24.2. The van der Waals surface area contributed by atoms with E-state index in [4.69, 9.17) is 18.9 Å². The number of hydrogen-bond donors (Lipinski definition) is 0. The summed E-state index contributed by atoms with van der Waals surface area (Å²) in [6.07, 6.45) is 15.3. The number of unbranched alkanes of at least 4 members (excludes halogenated alkanes) is 4. The van der Waals surface area contributed by atoms with E-state index in [0.717, 1.165) is 103 Å². The lowest BCUT2D eigenvalue weighted by Gasteiger charge is -2.20. The monoisotopic (exact) mass is 703 g/mol. The third kappa shape index (κ3) is 16.4. The van der Waals surface area contributed by atoms with Crippen LogP contribution >= 0.6 is 0 Å². The Morgan fingerprint density at radius 1 is 0.400 bits per heavy atom. The van der Waals surface area contributed by atoms with Crippen LogP contribution in [-0.2, 0) is 18.9 Å². The normalized spacial score (nSPS) is 13.6. The highest BCUT2D eigenvalue weighted by molar-refractivity contribution is 6.10. The van der Waals surface area contributed by atoms with Crippen LogP contribution in [0.4, 0.5) is 0 Å². The van der Waals surface area contributed by atoms with Crippen LogP contribution in [-0.4, -0.2) is 50.3 Å². The average molecular weight is 703 g/mol. The molecule has 0 saturated heterocycles. The van der Waals surface area contributed by atoms with Gasteiger partial charge < -0.3 is 18.9 Å². The first kappa shape index (κ1) is 45.1. The molecule has 4 atom stereocenters. The van der Waals surface area contributed by atoms with Crippen molar-refractivity contribution in [3.8, 4) is 0 Å². The quantitative estimate of drug-likeness (QED) is 0.0627.